The lowest BCUT2D eigenvalue weighted by Crippen LogP contribution is -2.45. The SMILES string of the molecule is CC(CC(=O)Nc1ccccc1)NC1CCN(Cc2ccccc2)CC1.O=C(O)C(=O)O. The molecule has 8 heteroatoms. The molecule has 172 valence electrons. The summed E-state index contributed by atoms with van der Waals surface area (Å²) in [5.74, 6) is -3.58. The molecule has 0 aliphatic carbocycles. The van der Waals surface area contributed by atoms with Gasteiger partial charge >= 0.3 is 11.9 Å². The third-order valence-electron chi connectivity index (χ3n) is 5.09. The highest BCUT2D eigenvalue weighted by molar-refractivity contribution is 6.27. The zero-order chi connectivity index (χ0) is 23.3. The molecule has 1 aliphatic rings. The maximum Gasteiger partial charge on any atom is 0.414 e. The average Bonchev–Trinajstić information content (AvgIpc) is 2.77. The summed E-state index contributed by atoms with van der Waals surface area (Å²) in [6, 6.07) is 21.0. The molecule has 0 bridgehead atoms. The summed E-state index contributed by atoms with van der Waals surface area (Å²) in [5.41, 5.74) is 2.24. The van der Waals surface area contributed by atoms with Gasteiger partial charge in [0.25, 0.3) is 0 Å². The molecule has 1 saturated heterocycles. The van der Waals surface area contributed by atoms with Crippen molar-refractivity contribution in [2.24, 2.45) is 0 Å². The Bertz CT molecular complexity index is 840. The lowest BCUT2D eigenvalue weighted by molar-refractivity contribution is -0.159. The molecule has 3 rings (SSSR count). The Kier molecular flexibility index (Phi) is 10.4. The van der Waals surface area contributed by atoms with Crippen LogP contribution in [0.1, 0.15) is 31.7 Å². The number of amides is 1. The minimum absolute atomic E-state index is 0.0673. The quantitative estimate of drug-likeness (QED) is 0.488. The van der Waals surface area contributed by atoms with E-state index < -0.39 is 11.9 Å². The molecule has 0 radical (unpaired) electrons. The lowest BCUT2D eigenvalue weighted by Gasteiger charge is -2.34. The molecule has 1 heterocycles. The van der Waals surface area contributed by atoms with Gasteiger partial charge in [-0.2, -0.15) is 0 Å². The number of piperidine rings is 1. The lowest BCUT2D eigenvalue weighted by atomic mass is 10.0. The number of likely N-dealkylation sites (tertiary alicyclic amines) is 1. The zero-order valence-electron chi connectivity index (χ0n) is 18.2. The van der Waals surface area contributed by atoms with Crippen LogP contribution in [0.25, 0.3) is 0 Å². The van der Waals surface area contributed by atoms with Crippen LogP contribution in [0.5, 0.6) is 0 Å². The molecule has 2 aromatic rings. The van der Waals surface area contributed by atoms with E-state index in [4.69, 9.17) is 19.8 Å². The Balaban J connectivity index is 0.000000534. The molecule has 0 saturated carbocycles. The van der Waals surface area contributed by atoms with Crippen molar-refractivity contribution in [2.45, 2.75) is 44.8 Å². The highest BCUT2D eigenvalue weighted by atomic mass is 16.4. The topological polar surface area (TPSA) is 119 Å². The molecule has 1 aliphatic heterocycles. The van der Waals surface area contributed by atoms with E-state index in [0.717, 1.165) is 38.2 Å². The fourth-order valence-electron chi connectivity index (χ4n) is 3.57. The summed E-state index contributed by atoms with van der Waals surface area (Å²) in [5, 5.41) is 21.4. The molecule has 4 N–H and O–H groups in total. The normalized spacial score (nSPS) is 15.2. The first kappa shape index (κ1) is 25.0. The van der Waals surface area contributed by atoms with Crippen molar-refractivity contribution >= 4 is 23.5 Å². The van der Waals surface area contributed by atoms with Crippen LogP contribution < -0.4 is 10.6 Å². The molecular weight excluding hydrogens is 410 g/mol. The van der Waals surface area contributed by atoms with Gasteiger partial charge in [0, 0.05) is 30.7 Å². The summed E-state index contributed by atoms with van der Waals surface area (Å²) in [6.07, 6.45) is 2.77. The Morgan fingerprint density at radius 2 is 1.47 bits per heavy atom. The summed E-state index contributed by atoms with van der Waals surface area (Å²) in [7, 11) is 0. The molecule has 0 spiro atoms. The number of para-hydroxylation sites is 1. The predicted octanol–water partition coefficient (Wildman–Crippen LogP) is 2.81. The summed E-state index contributed by atoms with van der Waals surface area (Å²) < 4.78 is 0. The van der Waals surface area contributed by atoms with E-state index in [1.54, 1.807) is 0 Å². The van der Waals surface area contributed by atoms with Crippen LogP contribution in [0.4, 0.5) is 5.69 Å². The van der Waals surface area contributed by atoms with Crippen LogP contribution in [-0.2, 0) is 20.9 Å². The molecule has 1 unspecified atom stereocenters. The van der Waals surface area contributed by atoms with E-state index in [9.17, 15) is 4.79 Å². The van der Waals surface area contributed by atoms with E-state index >= 15 is 0 Å². The van der Waals surface area contributed by atoms with Crippen LogP contribution in [0.2, 0.25) is 0 Å². The third-order valence-corrected chi connectivity index (χ3v) is 5.09. The largest absolute Gasteiger partial charge is 0.473 e. The van der Waals surface area contributed by atoms with E-state index in [1.165, 1.54) is 5.56 Å². The van der Waals surface area contributed by atoms with Crippen LogP contribution in [0.3, 0.4) is 0 Å². The Morgan fingerprint density at radius 3 is 2.00 bits per heavy atom. The molecule has 1 fully saturated rings. The number of carbonyl (C=O) groups is 3. The Hall–Kier alpha value is -3.23. The van der Waals surface area contributed by atoms with Gasteiger partial charge in [-0.05, 0) is 50.6 Å². The fourth-order valence-corrected chi connectivity index (χ4v) is 3.57. The van der Waals surface area contributed by atoms with Gasteiger partial charge in [-0.3, -0.25) is 9.69 Å². The van der Waals surface area contributed by atoms with Crippen molar-refractivity contribution in [3.63, 3.8) is 0 Å². The maximum absolute atomic E-state index is 12.2. The molecular formula is C24H31N3O5. The average molecular weight is 442 g/mol. The minimum atomic E-state index is -1.82. The first-order valence-corrected chi connectivity index (χ1v) is 10.7. The van der Waals surface area contributed by atoms with Gasteiger partial charge in [0.2, 0.25) is 5.91 Å². The van der Waals surface area contributed by atoms with Gasteiger partial charge in [-0.25, -0.2) is 9.59 Å². The third kappa shape index (κ3) is 9.72. The molecule has 1 atom stereocenters. The minimum Gasteiger partial charge on any atom is -0.473 e. The first-order chi connectivity index (χ1) is 15.3. The van der Waals surface area contributed by atoms with Crippen molar-refractivity contribution < 1.29 is 24.6 Å². The zero-order valence-corrected chi connectivity index (χ0v) is 18.2. The molecule has 1 amide bonds. The van der Waals surface area contributed by atoms with Gasteiger partial charge in [-0.1, -0.05) is 48.5 Å². The van der Waals surface area contributed by atoms with Gasteiger partial charge in [0.15, 0.2) is 0 Å². The highest BCUT2D eigenvalue weighted by Crippen LogP contribution is 2.15. The number of carboxylic acids is 2. The van der Waals surface area contributed by atoms with Crippen molar-refractivity contribution in [2.75, 3.05) is 18.4 Å². The number of nitrogens with zero attached hydrogens (tertiary/aromatic N) is 1. The number of benzene rings is 2. The summed E-state index contributed by atoms with van der Waals surface area (Å²) >= 11 is 0. The van der Waals surface area contributed by atoms with Gasteiger partial charge in [0.1, 0.15) is 0 Å². The van der Waals surface area contributed by atoms with Gasteiger partial charge in [0.05, 0.1) is 0 Å². The van der Waals surface area contributed by atoms with E-state index in [-0.39, 0.29) is 11.9 Å². The van der Waals surface area contributed by atoms with E-state index in [0.29, 0.717) is 12.5 Å². The van der Waals surface area contributed by atoms with Crippen molar-refractivity contribution in [1.29, 1.82) is 0 Å². The van der Waals surface area contributed by atoms with Crippen LogP contribution in [-0.4, -0.2) is 58.1 Å². The first-order valence-electron chi connectivity index (χ1n) is 10.7. The fraction of sp³-hybridized carbons (Fsp3) is 0.375. The number of hydrogen-bond acceptors (Lipinski definition) is 5. The smallest absolute Gasteiger partial charge is 0.414 e. The second-order valence-electron chi connectivity index (χ2n) is 7.83. The highest BCUT2D eigenvalue weighted by Gasteiger charge is 2.21. The van der Waals surface area contributed by atoms with Crippen LogP contribution in [0, 0.1) is 0 Å². The monoisotopic (exact) mass is 441 g/mol. The number of hydrogen-bond donors (Lipinski definition) is 4. The summed E-state index contributed by atoms with van der Waals surface area (Å²) in [4.78, 5) is 32.9. The Morgan fingerprint density at radius 1 is 0.938 bits per heavy atom. The molecule has 32 heavy (non-hydrogen) atoms. The van der Waals surface area contributed by atoms with Crippen molar-refractivity contribution in [1.82, 2.24) is 10.2 Å². The standard InChI is InChI=1S/C22H29N3O.C2H2O4/c1-18(16-22(26)24-20-10-6-3-7-11-20)23-21-12-14-25(15-13-21)17-19-8-4-2-5-9-19;3-1(4)2(5)6/h2-11,18,21,23H,12-17H2,1H3,(H,24,26);(H,3,4)(H,5,6). The van der Waals surface area contributed by atoms with E-state index in [2.05, 4.69) is 52.8 Å². The maximum atomic E-state index is 12.2. The number of carboxylic acid groups (broad SMARTS) is 2. The summed E-state index contributed by atoms with van der Waals surface area (Å²) in [6.45, 7) is 5.34. The number of nitrogens with one attached hydrogen (secondary N) is 2. The molecule has 0 aromatic heterocycles. The molecule has 8 nitrogen and oxygen atoms in total. The van der Waals surface area contributed by atoms with E-state index in [1.807, 2.05) is 30.3 Å². The number of anilines is 1. The van der Waals surface area contributed by atoms with Crippen molar-refractivity contribution in [3.8, 4) is 0 Å². The van der Waals surface area contributed by atoms with Gasteiger partial charge in [-0.15, -0.1) is 0 Å². The number of rotatable bonds is 7. The van der Waals surface area contributed by atoms with Crippen molar-refractivity contribution in [3.05, 3.63) is 66.2 Å². The Labute approximate surface area is 188 Å². The van der Waals surface area contributed by atoms with Crippen LogP contribution >= 0.6 is 0 Å². The molecule has 2 aromatic carbocycles. The predicted molar refractivity (Wildman–Crippen MR) is 122 cm³/mol. The second-order valence-corrected chi connectivity index (χ2v) is 7.83. The number of carbonyl (C=O) groups excluding carboxylic acids is 1. The van der Waals surface area contributed by atoms with Crippen LogP contribution in [0.15, 0.2) is 60.7 Å². The van der Waals surface area contributed by atoms with Gasteiger partial charge < -0.3 is 20.8 Å². The second kappa shape index (κ2) is 13.2. The number of aliphatic carboxylic acids is 2.